The van der Waals surface area contributed by atoms with E-state index in [0.717, 1.165) is 12.8 Å². The van der Waals surface area contributed by atoms with E-state index in [4.69, 9.17) is 14.2 Å². The summed E-state index contributed by atoms with van der Waals surface area (Å²) in [7, 11) is 0. The van der Waals surface area contributed by atoms with Crippen molar-refractivity contribution in [3.63, 3.8) is 0 Å². The molecule has 0 spiro atoms. The van der Waals surface area contributed by atoms with Crippen LogP contribution in [0.4, 0.5) is 35.3 Å². The zero-order valence-corrected chi connectivity index (χ0v) is 23.5. The summed E-state index contributed by atoms with van der Waals surface area (Å²) in [5, 5.41) is 2.79. The Hall–Kier alpha value is -3.87. The lowest BCUT2D eigenvalue weighted by Crippen LogP contribution is -2.50. The van der Waals surface area contributed by atoms with Crippen molar-refractivity contribution in [3.8, 4) is 5.75 Å². The maximum atomic E-state index is 15.3. The van der Waals surface area contributed by atoms with Crippen molar-refractivity contribution in [1.29, 1.82) is 0 Å². The Bertz CT molecular complexity index is 1570. The van der Waals surface area contributed by atoms with Gasteiger partial charge in [-0.2, -0.15) is 4.39 Å². The van der Waals surface area contributed by atoms with Gasteiger partial charge in [-0.3, -0.25) is 0 Å². The van der Waals surface area contributed by atoms with Crippen LogP contribution < -0.4 is 15.0 Å². The minimum absolute atomic E-state index is 0.0822. The number of nitrogens with zero attached hydrogens (tertiary/aromatic N) is 5. The van der Waals surface area contributed by atoms with Crippen LogP contribution in [0.1, 0.15) is 40.0 Å². The summed E-state index contributed by atoms with van der Waals surface area (Å²) in [5.74, 6) is -2.36. The smallest absolute Gasteiger partial charge is 0.410 e. The number of nitrogens with one attached hydrogen (secondary N) is 1. The molecule has 8 rings (SSSR count). The number of carbonyl (C=O) groups is 1. The van der Waals surface area contributed by atoms with Gasteiger partial charge in [-0.05, 0) is 58.1 Å². The Morgan fingerprint density at radius 3 is 2.64 bits per heavy atom. The molecule has 2 aromatic heterocycles. The lowest BCUT2D eigenvalue weighted by molar-refractivity contribution is -0.0367. The Morgan fingerprint density at radius 1 is 1.14 bits per heavy atom. The number of hydrogen-bond donors (Lipinski definition) is 1. The van der Waals surface area contributed by atoms with Crippen molar-refractivity contribution in [2.45, 2.75) is 63.3 Å². The standard InChI is InChI=1S/C29H31F3N6O4/c1-28(2,3)42-27(39)38-11-16-6-17(38)10-37(16)26-18(30)7-20-24(36-26)25(34-14-33-20)35-19-4-5-21(23(32)22(19)31)40-13-29-8-15(9-29)12-41-29/h4-5,7,14-17H,6,8-13H2,1-3H3,(H,33,34,35)/t15?,16-,17-,29?/m0/s1. The second-order valence-electron chi connectivity index (χ2n) is 12.6. The van der Waals surface area contributed by atoms with Gasteiger partial charge in [0, 0.05) is 19.2 Å². The molecular formula is C29H31F3N6O4. The first-order valence-corrected chi connectivity index (χ1v) is 14.1. The van der Waals surface area contributed by atoms with Crippen LogP contribution in [0.25, 0.3) is 11.0 Å². The van der Waals surface area contributed by atoms with Gasteiger partial charge < -0.3 is 29.3 Å². The molecule has 4 saturated heterocycles. The van der Waals surface area contributed by atoms with E-state index in [0.29, 0.717) is 32.0 Å². The lowest BCUT2D eigenvalue weighted by atomic mass is 9.75. The van der Waals surface area contributed by atoms with Crippen LogP contribution in [-0.2, 0) is 9.47 Å². The number of halogens is 3. The topological polar surface area (TPSA) is 102 Å². The Morgan fingerprint density at radius 2 is 1.95 bits per heavy atom. The van der Waals surface area contributed by atoms with Crippen molar-refractivity contribution in [3.05, 3.63) is 42.0 Å². The molecular weight excluding hydrogens is 553 g/mol. The summed E-state index contributed by atoms with van der Waals surface area (Å²) in [5.41, 5.74) is -0.804. The molecule has 3 aromatic rings. The first-order valence-electron chi connectivity index (χ1n) is 14.1. The van der Waals surface area contributed by atoms with E-state index in [1.54, 1.807) is 4.90 Å². The number of pyridine rings is 1. The van der Waals surface area contributed by atoms with Gasteiger partial charge >= 0.3 is 6.09 Å². The third kappa shape index (κ3) is 4.63. The largest absolute Gasteiger partial charge is 0.487 e. The first kappa shape index (κ1) is 27.0. The lowest BCUT2D eigenvalue weighted by Gasteiger charge is -2.35. The molecule has 1 saturated carbocycles. The molecule has 0 unspecified atom stereocenters. The number of piperazine rings is 1. The summed E-state index contributed by atoms with van der Waals surface area (Å²) in [4.78, 5) is 29.0. The minimum atomic E-state index is -1.14. The van der Waals surface area contributed by atoms with E-state index in [9.17, 15) is 9.18 Å². The SMILES string of the molecule is CC(C)(C)OC(=O)N1C[C@@H]2C[C@H]1CN2c1nc2c(Nc3ccc(OCC45CC(CO4)C5)c(F)c3F)ncnc2cc1F. The van der Waals surface area contributed by atoms with Gasteiger partial charge in [-0.25, -0.2) is 28.5 Å². The first-order chi connectivity index (χ1) is 20.0. The van der Waals surface area contributed by atoms with Gasteiger partial charge in [-0.1, -0.05) is 0 Å². The summed E-state index contributed by atoms with van der Waals surface area (Å²) in [6, 6.07) is 3.65. The maximum Gasteiger partial charge on any atom is 0.410 e. The maximum absolute atomic E-state index is 15.3. The zero-order chi connectivity index (χ0) is 29.4. The average molecular weight is 585 g/mol. The number of hydrogen-bond acceptors (Lipinski definition) is 9. The molecule has 42 heavy (non-hydrogen) atoms. The predicted octanol–water partition coefficient (Wildman–Crippen LogP) is 4.94. The third-order valence-electron chi connectivity index (χ3n) is 8.42. The molecule has 1 amide bonds. The molecule has 4 aliphatic heterocycles. The highest BCUT2D eigenvalue weighted by molar-refractivity contribution is 5.88. The number of fused-ring (bicyclic) bond motifs is 4. The van der Waals surface area contributed by atoms with Crippen LogP contribution in [0.3, 0.4) is 0 Å². The van der Waals surface area contributed by atoms with Gasteiger partial charge in [0.1, 0.15) is 29.7 Å². The Kier molecular flexibility index (Phi) is 6.16. The Labute approximate surface area is 240 Å². The van der Waals surface area contributed by atoms with Gasteiger partial charge in [0.2, 0.25) is 5.82 Å². The number of ether oxygens (including phenoxy) is 3. The summed E-state index contributed by atoms with van der Waals surface area (Å²) in [6.07, 6.45) is 3.19. The van der Waals surface area contributed by atoms with Gasteiger partial charge in [0.05, 0.1) is 29.9 Å². The molecule has 4 bridgehead atoms. The fourth-order valence-electron chi connectivity index (χ4n) is 6.47. The average Bonchev–Trinajstić information content (AvgIpc) is 3.70. The number of benzene rings is 1. The molecule has 6 heterocycles. The van der Waals surface area contributed by atoms with E-state index < -0.39 is 34.7 Å². The van der Waals surface area contributed by atoms with Crippen LogP contribution in [0.15, 0.2) is 24.5 Å². The van der Waals surface area contributed by atoms with Crippen LogP contribution in [-0.4, -0.2) is 75.5 Å². The second kappa shape index (κ2) is 9.58. The van der Waals surface area contributed by atoms with Gasteiger partial charge in [0.25, 0.3) is 0 Å². The molecule has 2 atom stereocenters. The molecule has 1 N–H and O–H groups in total. The number of amides is 1. The molecule has 222 valence electrons. The predicted molar refractivity (Wildman–Crippen MR) is 146 cm³/mol. The van der Waals surface area contributed by atoms with E-state index in [1.807, 2.05) is 25.7 Å². The highest BCUT2D eigenvalue weighted by atomic mass is 19.2. The van der Waals surface area contributed by atoms with E-state index in [-0.39, 0.29) is 52.8 Å². The fourth-order valence-corrected chi connectivity index (χ4v) is 6.47. The third-order valence-corrected chi connectivity index (χ3v) is 8.42. The summed E-state index contributed by atoms with van der Waals surface area (Å²) in [6.45, 7) is 7.03. The highest BCUT2D eigenvalue weighted by Gasteiger charge is 2.52. The number of carbonyl (C=O) groups excluding carboxylic acids is 1. The van der Waals surface area contributed by atoms with E-state index in [1.165, 1.54) is 24.5 Å². The normalized spacial score (nSPS) is 26.1. The van der Waals surface area contributed by atoms with Crippen LogP contribution in [0, 0.1) is 23.4 Å². The number of anilines is 3. The van der Waals surface area contributed by atoms with Crippen molar-refractivity contribution >= 4 is 34.4 Å². The fraction of sp³-hybridized carbons (Fsp3) is 0.517. The van der Waals surface area contributed by atoms with Crippen LogP contribution in [0.2, 0.25) is 0 Å². The van der Waals surface area contributed by atoms with E-state index >= 15 is 8.78 Å². The molecule has 1 aromatic carbocycles. The minimum Gasteiger partial charge on any atom is -0.487 e. The summed E-state index contributed by atoms with van der Waals surface area (Å²) < 4.78 is 62.2. The van der Waals surface area contributed by atoms with E-state index in [2.05, 4.69) is 20.3 Å². The van der Waals surface area contributed by atoms with Gasteiger partial charge in [0.15, 0.2) is 29.0 Å². The molecule has 1 aliphatic carbocycles. The molecule has 10 nitrogen and oxygen atoms in total. The zero-order valence-electron chi connectivity index (χ0n) is 23.5. The monoisotopic (exact) mass is 584 g/mol. The van der Waals surface area contributed by atoms with Crippen molar-refractivity contribution in [2.75, 3.05) is 36.5 Å². The van der Waals surface area contributed by atoms with Crippen LogP contribution in [0.5, 0.6) is 5.75 Å². The van der Waals surface area contributed by atoms with Crippen molar-refractivity contribution in [1.82, 2.24) is 19.9 Å². The Balaban J connectivity index is 1.10. The number of rotatable bonds is 6. The number of likely N-dealkylation sites (tertiary alicyclic amines) is 1. The molecule has 5 fully saturated rings. The molecule has 13 heteroatoms. The number of aromatic nitrogens is 3. The van der Waals surface area contributed by atoms with Crippen molar-refractivity contribution < 1.29 is 32.2 Å². The second-order valence-corrected chi connectivity index (χ2v) is 12.6. The van der Waals surface area contributed by atoms with Crippen LogP contribution >= 0.6 is 0 Å². The van der Waals surface area contributed by atoms with Gasteiger partial charge in [-0.15, -0.1) is 0 Å². The highest BCUT2D eigenvalue weighted by Crippen LogP contribution is 2.48. The molecule has 0 radical (unpaired) electrons. The quantitative estimate of drug-likeness (QED) is 0.432. The summed E-state index contributed by atoms with van der Waals surface area (Å²) >= 11 is 0. The van der Waals surface area contributed by atoms with Crippen molar-refractivity contribution in [2.24, 2.45) is 5.92 Å². The molecule has 5 aliphatic rings.